The minimum Gasteiger partial charge on any atom is -0.387 e. The fourth-order valence-electron chi connectivity index (χ4n) is 1.86. The van der Waals surface area contributed by atoms with E-state index in [-0.39, 0.29) is 5.95 Å². The molecule has 0 radical (unpaired) electrons. The van der Waals surface area contributed by atoms with Crippen molar-refractivity contribution in [2.75, 3.05) is 12.3 Å². The lowest BCUT2D eigenvalue weighted by molar-refractivity contribution is 0.965. The van der Waals surface area contributed by atoms with E-state index < -0.39 is 0 Å². The SMILES string of the molecule is Nc1nc(C2=CCNC=C2)nc(-c2ccccc2)n1. The van der Waals surface area contributed by atoms with E-state index in [1.54, 1.807) is 0 Å². The molecular weight excluding hydrogens is 238 g/mol. The van der Waals surface area contributed by atoms with Gasteiger partial charge in [-0.3, -0.25) is 0 Å². The molecule has 0 bridgehead atoms. The first-order valence-electron chi connectivity index (χ1n) is 6.00. The molecule has 19 heavy (non-hydrogen) atoms. The van der Waals surface area contributed by atoms with E-state index in [0.29, 0.717) is 11.6 Å². The summed E-state index contributed by atoms with van der Waals surface area (Å²) < 4.78 is 0. The molecule has 5 nitrogen and oxygen atoms in total. The first-order chi connectivity index (χ1) is 9.33. The van der Waals surface area contributed by atoms with Crippen molar-refractivity contribution in [1.29, 1.82) is 0 Å². The van der Waals surface area contributed by atoms with Gasteiger partial charge >= 0.3 is 0 Å². The fourth-order valence-corrected chi connectivity index (χ4v) is 1.86. The Hall–Kier alpha value is -2.69. The van der Waals surface area contributed by atoms with Gasteiger partial charge in [0.2, 0.25) is 5.95 Å². The Labute approximate surface area is 110 Å². The van der Waals surface area contributed by atoms with Gasteiger partial charge in [-0.15, -0.1) is 0 Å². The van der Waals surface area contributed by atoms with Gasteiger partial charge in [0.1, 0.15) is 0 Å². The highest BCUT2D eigenvalue weighted by Crippen LogP contribution is 2.19. The molecular formula is C14H13N5. The van der Waals surface area contributed by atoms with Gasteiger partial charge in [0, 0.05) is 17.7 Å². The topological polar surface area (TPSA) is 76.7 Å². The normalized spacial score (nSPS) is 13.8. The van der Waals surface area contributed by atoms with Crippen LogP contribution in [0.4, 0.5) is 5.95 Å². The number of nitrogens with one attached hydrogen (secondary N) is 1. The number of hydrogen-bond acceptors (Lipinski definition) is 5. The molecule has 1 aliphatic heterocycles. The highest BCUT2D eigenvalue weighted by Gasteiger charge is 2.09. The molecule has 2 heterocycles. The van der Waals surface area contributed by atoms with Crippen LogP contribution in [0, 0.1) is 0 Å². The lowest BCUT2D eigenvalue weighted by Gasteiger charge is -2.09. The Morgan fingerprint density at radius 2 is 1.79 bits per heavy atom. The summed E-state index contributed by atoms with van der Waals surface area (Å²) in [5, 5.41) is 3.09. The number of nitrogens with zero attached hydrogens (tertiary/aromatic N) is 3. The van der Waals surface area contributed by atoms with E-state index in [1.165, 1.54) is 0 Å². The first kappa shape index (κ1) is 11.4. The Morgan fingerprint density at radius 1 is 1.00 bits per heavy atom. The van der Waals surface area contributed by atoms with Gasteiger partial charge in [0.25, 0.3) is 0 Å². The number of hydrogen-bond donors (Lipinski definition) is 2. The van der Waals surface area contributed by atoms with Crippen molar-refractivity contribution in [3.05, 3.63) is 54.5 Å². The predicted molar refractivity (Wildman–Crippen MR) is 74.8 cm³/mol. The zero-order valence-electron chi connectivity index (χ0n) is 10.2. The van der Waals surface area contributed by atoms with Gasteiger partial charge in [-0.1, -0.05) is 36.4 Å². The molecule has 5 heteroatoms. The molecule has 0 fully saturated rings. The molecule has 0 atom stereocenters. The zero-order chi connectivity index (χ0) is 13.1. The molecule has 0 saturated heterocycles. The van der Waals surface area contributed by atoms with Crippen LogP contribution in [-0.2, 0) is 0 Å². The van der Waals surface area contributed by atoms with Crippen molar-refractivity contribution in [2.24, 2.45) is 0 Å². The molecule has 1 aromatic heterocycles. The van der Waals surface area contributed by atoms with Crippen LogP contribution in [0.25, 0.3) is 17.0 Å². The number of allylic oxidation sites excluding steroid dienone is 2. The fraction of sp³-hybridized carbons (Fsp3) is 0.0714. The van der Waals surface area contributed by atoms with Crippen molar-refractivity contribution < 1.29 is 0 Å². The number of aromatic nitrogens is 3. The summed E-state index contributed by atoms with van der Waals surface area (Å²) >= 11 is 0. The summed E-state index contributed by atoms with van der Waals surface area (Å²) in [7, 11) is 0. The van der Waals surface area contributed by atoms with Crippen LogP contribution in [0.1, 0.15) is 5.82 Å². The predicted octanol–water partition coefficient (Wildman–Crippen LogP) is 1.62. The average Bonchev–Trinajstić information content (AvgIpc) is 2.48. The highest BCUT2D eigenvalue weighted by atomic mass is 15.1. The standard InChI is InChI=1S/C14H13N5/c15-14-18-12(10-4-2-1-3-5-10)17-13(19-14)11-6-8-16-9-7-11/h1-8,16H,9H2,(H2,15,17,18,19). The average molecular weight is 251 g/mol. The van der Waals surface area contributed by atoms with Crippen LogP contribution in [0.5, 0.6) is 0 Å². The number of nitrogen functional groups attached to an aromatic ring is 1. The molecule has 0 saturated carbocycles. The van der Waals surface area contributed by atoms with Crippen LogP contribution in [0.15, 0.2) is 48.7 Å². The monoisotopic (exact) mass is 251 g/mol. The third kappa shape index (κ3) is 2.44. The third-order valence-corrected chi connectivity index (χ3v) is 2.76. The van der Waals surface area contributed by atoms with Gasteiger partial charge in [-0.05, 0) is 12.3 Å². The molecule has 0 spiro atoms. The Bertz CT molecular complexity index is 646. The van der Waals surface area contributed by atoms with E-state index in [1.807, 2.05) is 48.7 Å². The van der Waals surface area contributed by atoms with Gasteiger partial charge in [-0.2, -0.15) is 9.97 Å². The molecule has 0 unspecified atom stereocenters. The van der Waals surface area contributed by atoms with Crippen molar-refractivity contribution in [3.8, 4) is 11.4 Å². The van der Waals surface area contributed by atoms with Crippen molar-refractivity contribution in [3.63, 3.8) is 0 Å². The van der Waals surface area contributed by atoms with Gasteiger partial charge in [0.05, 0.1) is 0 Å². The molecule has 1 aliphatic rings. The molecule has 2 aromatic rings. The molecule has 0 aliphatic carbocycles. The summed E-state index contributed by atoms with van der Waals surface area (Å²) in [4.78, 5) is 12.9. The molecule has 3 N–H and O–H groups in total. The maximum absolute atomic E-state index is 5.77. The molecule has 0 amide bonds. The van der Waals surface area contributed by atoms with Gasteiger partial charge in [-0.25, -0.2) is 4.98 Å². The second-order valence-electron chi connectivity index (χ2n) is 4.11. The Kier molecular flexibility index (Phi) is 2.94. The maximum Gasteiger partial charge on any atom is 0.224 e. The quantitative estimate of drug-likeness (QED) is 0.848. The van der Waals surface area contributed by atoms with Crippen LogP contribution in [0.3, 0.4) is 0 Å². The van der Waals surface area contributed by atoms with E-state index >= 15 is 0 Å². The third-order valence-electron chi connectivity index (χ3n) is 2.76. The van der Waals surface area contributed by atoms with Crippen molar-refractivity contribution in [1.82, 2.24) is 20.3 Å². The van der Waals surface area contributed by atoms with E-state index in [0.717, 1.165) is 17.7 Å². The molecule has 94 valence electrons. The number of anilines is 1. The van der Waals surface area contributed by atoms with Gasteiger partial charge in [0.15, 0.2) is 11.6 Å². The Morgan fingerprint density at radius 3 is 2.53 bits per heavy atom. The van der Waals surface area contributed by atoms with E-state index in [9.17, 15) is 0 Å². The van der Waals surface area contributed by atoms with Crippen LogP contribution in [-0.4, -0.2) is 21.5 Å². The lowest BCUT2D eigenvalue weighted by atomic mass is 10.2. The van der Waals surface area contributed by atoms with Crippen LogP contribution in [0.2, 0.25) is 0 Å². The highest BCUT2D eigenvalue weighted by molar-refractivity contribution is 5.72. The zero-order valence-corrected chi connectivity index (χ0v) is 10.2. The lowest BCUT2D eigenvalue weighted by Crippen LogP contribution is -2.11. The number of benzene rings is 1. The van der Waals surface area contributed by atoms with E-state index in [4.69, 9.17) is 5.73 Å². The minimum absolute atomic E-state index is 0.233. The minimum atomic E-state index is 0.233. The maximum atomic E-state index is 5.77. The van der Waals surface area contributed by atoms with Crippen molar-refractivity contribution >= 4 is 11.5 Å². The number of nitrogens with two attached hydrogens (primary N) is 1. The molecule has 3 rings (SSSR count). The second kappa shape index (κ2) is 4.89. The largest absolute Gasteiger partial charge is 0.387 e. The first-order valence-corrected chi connectivity index (χ1v) is 6.00. The van der Waals surface area contributed by atoms with Crippen molar-refractivity contribution in [2.45, 2.75) is 0 Å². The summed E-state index contributed by atoms with van der Waals surface area (Å²) in [5.74, 6) is 1.43. The van der Waals surface area contributed by atoms with Crippen LogP contribution < -0.4 is 11.1 Å². The van der Waals surface area contributed by atoms with E-state index in [2.05, 4.69) is 20.3 Å². The summed E-state index contributed by atoms with van der Waals surface area (Å²) in [6, 6.07) is 9.74. The molecule has 1 aromatic carbocycles. The number of rotatable bonds is 2. The number of dihydropyridines is 1. The van der Waals surface area contributed by atoms with Crippen LogP contribution >= 0.6 is 0 Å². The summed E-state index contributed by atoms with van der Waals surface area (Å²) in [5.41, 5.74) is 7.65. The summed E-state index contributed by atoms with van der Waals surface area (Å²) in [6.07, 6.45) is 5.81. The second-order valence-corrected chi connectivity index (χ2v) is 4.11. The van der Waals surface area contributed by atoms with Gasteiger partial charge < -0.3 is 11.1 Å². The Balaban J connectivity index is 2.06. The summed E-state index contributed by atoms with van der Waals surface area (Å²) in [6.45, 7) is 0.762. The smallest absolute Gasteiger partial charge is 0.224 e.